The van der Waals surface area contributed by atoms with Gasteiger partial charge < -0.3 is 0 Å². The zero-order chi connectivity index (χ0) is 14.6. The number of rotatable bonds is 7. The second kappa shape index (κ2) is 6.65. The van der Waals surface area contributed by atoms with E-state index in [1.165, 1.54) is 25.9 Å². The summed E-state index contributed by atoms with van der Waals surface area (Å²) in [7, 11) is 1.94. The van der Waals surface area contributed by atoms with Crippen molar-refractivity contribution >= 4 is 0 Å². The lowest BCUT2D eigenvalue weighted by atomic mass is 9.81. The minimum absolute atomic E-state index is 0.108. The Morgan fingerprint density at radius 3 is 2.45 bits per heavy atom. The fraction of sp³-hybridized carbons (Fsp3) is 0.857. The maximum absolute atomic E-state index is 5.91. The first-order chi connectivity index (χ1) is 9.67. The number of hydrogen-bond donors (Lipinski definition) is 2. The molecule has 1 unspecified atom stereocenters. The predicted molar refractivity (Wildman–Crippen MR) is 79.9 cm³/mol. The number of hydrogen-bond acceptors (Lipinski definition) is 5. The highest BCUT2D eigenvalue weighted by Gasteiger charge is 2.42. The molecule has 1 atom stereocenters. The molecule has 3 N–H and O–H groups in total. The first kappa shape index (κ1) is 15.4. The monoisotopic (exact) mass is 280 g/mol. The van der Waals surface area contributed by atoms with Gasteiger partial charge in [0.1, 0.15) is 12.2 Å². The Balaban J connectivity index is 2.22. The van der Waals surface area contributed by atoms with E-state index in [4.69, 9.17) is 5.84 Å². The van der Waals surface area contributed by atoms with E-state index in [0.29, 0.717) is 0 Å². The first-order valence-electron chi connectivity index (χ1n) is 7.72. The number of hydrazine groups is 1. The molecule has 0 radical (unpaired) electrons. The summed E-state index contributed by atoms with van der Waals surface area (Å²) in [4.78, 5) is 6.97. The molecule has 6 heteroatoms. The van der Waals surface area contributed by atoms with Crippen molar-refractivity contribution in [3.63, 3.8) is 0 Å². The molecule has 1 aliphatic rings. The summed E-state index contributed by atoms with van der Waals surface area (Å²) in [5.74, 6) is 6.89. The number of nitrogens with two attached hydrogens (primary N) is 1. The van der Waals surface area contributed by atoms with Gasteiger partial charge in [-0.25, -0.2) is 4.98 Å². The topological polar surface area (TPSA) is 72.0 Å². The average molecular weight is 280 g/mol. The van der Waals surface area contributed by atoms with Crippen LogP contribution in [0, 0.1) is 0 Å². The molecule has 0 saturated carbocycles. The SMILES string of the molecule is CCC(CC)(C(Cc1ncnn1C)NN)N1CCCC1. The maximum atomic E-state index is 5.91. The van der Waals surface area contributed by atoms with Crippen molar-refractivity contribution < 1.29 is 0 Å². The lowest BCUT2D eigenvalue weighted by Gasteiger charge is -2.46. The molecule has 114 valence electrons. The Bertz CT molecular complexity index is 406. The lowest BCUT2D eigenvalue weighted by molar-refractivity contribution is 0.0610. The number of aryl methyl sites for hydroxylation is 1. The maximum Gasteiger partial charge on any atom is 0.138 e. The molecule has 0 aromatic carbocycles. The zero-order valence-corrected chi connectivity index (χ0v) is 13.0. The fourth-order valence-electron chi connectivity index (χ4n) is 3.66. The summed E-state index contributed by atoms with van der Waals surface area (Å²) in [5, 5.41) is 4.16. The molecule has 1 aromatic heterocycles. The summed E-state index contributed by atoms with van der Waals surface area (Å²) >= 11 is 0. The molecule has 20 heavy (non-hydrogen) atoms. The molecule has 1 aliphatic heterocycles. The van der Waals surface area contributed by atoms with E-state index in [-0.39, 0.29) is 11.6 Å². The van der Waals surface area contributed by atoms with E-state index in [9.17, 15) is 0 Å². The summed E-state index contributed by atoms with van der Waals surface area (Å²) in [6.45, 7) is 6.89. The fourth-order valence-corrected chi connectivity index (χ4v) is 3.66. The van der Waals surface area contributed by atoms with Crippen molar-refractivity contribution in [1.29, 1.82) is 0 Å². The van der Waals surface area contributed by atoms with Gasteiger partial charge in [0.2, 0.25) is 0 Å². The first-order valence-corrected chi connectivity index (χ1v) is 7.72. The van der Waals surface area contributed by atoms with Crippen molar-refractivity contribution in [2.45, 2.75) is 57.5 Å². The van der Waals surface area contributed by atoms with Crippen molar-refractivity contribution in [3.8, 4) is 0 Å². The minimum Gasteiger partial charge on any atom is -0.296 e. The van der Waals surface area contributed by atoms with Crippen LogP contribution in [0.4, 0.5) is 0 Å². The van der Waals surface area contributed by atoms with E-state index in [1.807, 2.05) is 11.7 Å². The number of nitrogens with one attached hydrogen (secondary N) is 1. The van der Waals surface area contributed by atoms with Crippen LogP contribution in [0.5, 0.6) is 0 Å². The third-order valence-electron chi connectivity index (χ3n) is 5.00. The molecule has 1 aromatic rings. The average Bonchev–Trinajstić information content (AvgIpc) is 3.12. The number of nitrogens with zero attached hydrogens (tertiary/aromatic N) is 4. The third-order valence-corrected chi connectivity index (χ3v) is 5.00. The normalized spacial score (nSPS) is 18.6. The van der Waals surface area contributed by atoms with Gasteiger partial charge >= 0.3 is 0 Å². The molecule has 1 fully saturated rings. The van der Waals surface area contributed by atoms with Crippen LogP contribution in [0.25, 0.3) is 0 Å². The van der Waals surface area contributed by atoms with E-state index in [0.717, 1.165) is 25.1 Å². The van der Waals surface area contributed by atoms with Gasteiger partial charge in [0.25, 0.3) is 0 Å². The molecule has 0 amide bonds. The van der Waals surface area contributed by atoms with E-state index in [2.05, 4.69) is 34.3 Å². The zero-order valence-electron chi connectivity index (χ0n) is 13.0. The van der Waals surface area contributed by atoms with E-state index in [1.54, 1.807) is 6.33 Å². The molecule has 2 heterocycles. The largest absolute Gasteiger partial charge is 0.296 e. The highest BCUT2D eigenvalue weighted by molar-refractivity contribution is 5.04. The molecular formula is C14H28N6. The quantitative estimate of drug-likeness (QED) is 0.572. The van der Waals surface area contributed by atoms with Crippen LogP contribution in [-0.2, 0) is 13.5 Å². The van der Waals surface area contributed by atoms with Gasteiger partial charge in [-0.05, 0) is 38.8 Å². The van der Waals surface area contributed by atoms with Crippen LogP contribution < -0.4 is 11.3 Å². The molecule has 0 aliphatic carbocycles. The Labute approximate surface area is 121 Å². The Morgan fingerprint density at radius 1 is 1.35 bits per heavy atom. The summed E-state index contributed by atoms with van der Waals surface area (Å²) in [6, 6.07) is 0.193. The summed E-state index contributed by atoms with van der Waals surface area (Å²) in [5.41, 5.74) is 3.17. The van der Waals surface area contributed by atoms with Gasteiger partial charge in [0.15, 0.2) is 0 Å². The summed E-state index contributed by atoms with van der Waals surface area (Å²) in [6.07, 6.45) is 7.20. The highest BCUT2D eigenvalue weighted by atomic mass is 15.3. The van der Waals surface area contributed by atoms with Crippen molar-refractivity contribution in [3.05, 3.63) is 12.2 Å². The summed E-state index contributed by atoms with van der Waals surface area (Å²) < 4.78 is 1.84. The van der Waals surface area contributed by atoms with Gasteiger partial charge in [-0.2, -0.15) is 5.10 Å². The van der Waals surface area contributed by atoms with Crippen LogP contribution in [0.2, 0.25) is 0 Å². The van der Waals surface area contributed by atoms with Crippen LogP contribution in [0.15, 0.2) is 6.33 Å². The van der Waals surface area contributed by atoms with Crippen LogP contribution in [0.1, 0.15) is 45.4 Å². The Hall–Kier alpha value is -0.980. The van der Waals surface area contributed by atoms with Crippen LogP contribution in [0.3, 0.4) is 0 Å². The smallest absolute Gasteiger partial charge is 0.138 e. The van der Waals surface area contributed by atoms with E-state index >= 15 is 0 Å². The second-order valence-electron chi connectivity index (χ2n) is 5.73. The van der Waals surface area contributed by atoms with Gasteiger partial charge in [-0.3, -0.25) is 20.9 Å². The van der Waals surface area contributed by atoms with Crippen LogP contribution >= 0.6 is 0 Å². The van der Waals surface area contributed by atoms with Gasteiger partial charge in [0, 0.05) is 25.0 Å². The number of aromatic nitrogens is 3. The molecule has 1 saturated heterocycles. The molecular weight excluding hydrogens is 252 g/mol. The van der Waals surface area contributed by atoms with Crippen molar-refractivity contribution in [2.75, 3.05) is 13.1 Å². The third kappa shape index (κ3) is 2.73. The van der Waals surface area contributed by atoms with E-state index < -0.39 is 0 Å². The molecule has 0 spiro atoms. The Morgan fingerprint density at radius 2 is 2.00 bits per heavy atom. The number of likely N-dealkylation sites (tertiary alicyclic amines) is 1. The minimum atomic E-state index is 0.108. The van der Waals surface area contributed by atoms with Crippen molar-refractivity contribution in [2.24, 2.45) is 12.9 Å². The molecule has 6 nitrogen and oxygen atoms in total. The van der Waals surface area contributed by atoms with Gasteiger partial charge in [-0.1, -0.05) is 13.8 Å². The second-order valence-corrected chi connectivity index (χ2v) is 5.73. The Kier molecular flexibility index (Phi) is 5.12. The lowest BCUT2D eigenvalue weighted by Crippen LogP contribution is -2.62. The van der Waals surface area contributed by atoms with Gasteiger partial charge in [-0.15, -0.1) is 0 Å². The van der Waals surface area contributed by atoms with Gasteiger partial charge in [0.05, 0.1) is 0 Å². The van der Waals surface area contributed by atoms with Crippen LogP contribution in [-0.4, -0.2) is 44.3 Å². The predicted octanol–water partition coefficient (Wildman–Crippen LogP) is 0.844. The standard InChI is InChI=1S/C14H28N6/c1-4-14(5-2,20-8-6-7-9-20)12(18-15)10-13-16-11-17-19(13)3/h11-12,18H,4-10,15H2,1-3H3. The highest BCUT2D eigenvalue weighted by Crippen LogP contribution is 2.32. The molecule has 0 bridgehead atoms. The van der Waals surface area contributed by atoms with Crippen molar-refractivity contribution in [1.82, 2.24) is 25.1 Å². The molecule has 2 rings (SSSR count).